The van der Waals surface area contributed by atoms with Crippen molar-refractivity contribution in [1.29, 1.82) is 0 Å². The number of hydrogen-bond acceptors (Lipinski definition) is 2. The first kappa shape index (κ1) is 14.6. The maximum absolute atomic E-state index is 12.7. The third-order valence-corrected chi connectivity index (χ3v) is 2.82. The van der Waals surface area contributed by atoms with E-state index in [4.69, 9.17) is 0 Å². The topological polar surface area (TPSA) is 33.1 Å². The van der Waals surface area contributed by atoms with Crippen LogP contribution in [0.4, 0.5) is 26.3 Å². The van der Waals surface area contributed by atoms with Crippen molar-refractivity contribution >= 4 is 10.8 Å². The fourth-order valence-corrected chi connectivity index (χ4v) is 1.73. The highest BCUT2D eigenvalue weighted by Crippen LogP contribution is 2.49. The molecule has 2 nitrogen and oxygen atoms in total. The van der Waals surface area contributed by atoms with E-state index in [0.29, 0.717) is 11.5 Å². The van der Waals surface area contributed by atoms with Gasteiger partial charge < -0.3 is 5.11 Å². The molecule has 0 atom stereocenters. The lowest BCUT2D eigenvalue weighted by Gasteiger charge is -2.31. The summed E-state index contributed by atoms with van der Waals surface area (Å²) in [5.41, 5.74) is -6.50. The summed E-state index contributed by atoms with van der Waals surface area (Å²) in [4.78, 5) is 3.12. The predicted molar refractivity (Wildman–Crippen MR) is 57.7 cm³/mol. The third-order valence-electron chi connectivity index (χ3n) is 2.82. The summed E-state index contributed by atoms with van der Waals surface area (Å²) in [6.07, 6.45) is -11.0. The largest absolute Gasteiger partial charge is 0.432 e. The minimum atomic E-state index is -5.93. The lowest BCUT2D eigenvalue weighted by atomic mass is 9.96. The molecular weight excluding hydrogens is 288 g/mol. The Kier molecular flexibility index (Phi) is 3.16. The number of nitrogens with zero attached hydrogens (tertiary/aromatic N) is 1. The molecule has 1 heterocycles. The number of alkyl halides is 6. The summed E-state index contributed by atoms with van der Waals surface area (Å²) in [7, 11) is 0. The monoisotopic (exact) mass is 295 g/mol. The smallest absolute Gasteiger partial charge is 0.368 e. The highest BCUT2D eigenvalue weighted by atomic mass is 19.4. The molecule has 0 spiro atoms. The van der Waals surface area contributed by atoms with Crippen LogP contribution in [-0.4, -0.2) is 22.4 Å². The van der Waals surface area contributed by atoms with Crippen molar-refractivity contribution in [3.05, 3.63) is 42.2 Å². The Morgan fingerprint density at radius 2 is 1.35 bits per heavy atom. The number of aliphatic hydroxyl groups is 1. The van der Waals surface area contributed by atoms with Crippen molar-refractivity contribution in [1.82, 2.24) is 4.98 Å². The van der Waals surface area contributed by atoms with Gasteiger partial charge in [-0.3, -0.25) is 4.98 Å². The zero-order valence-corrected chi connectivity index (χ0v) is 9.63. The standard InChI is InChI=1S/C12H7F6NO/c13-11(14,15)10(20,12(16,17)18)9-5-7-3-1-2-4-8(7)6-19-9/h1-6,20H. The number of benzene rings is 1. The molecule has 8 heteroatoms. The lowest BCUT2D eigenvalue weighted by molar-refractivity contribution is -0.377. The maximum Gasteiger partial charge on any atom is 0.432 e. The first-order valence-corrected chi connectivity index (χ1v) is 5.28. The zero-order valence-electron chi connectivity index (χ0n) is 9.63. The minimum Gasteiger partial charge on any atom is -0.368 e. The van der Waals surface area contributed by atoms with E-state index in [2.05, 4.69) is 4.98 Å². The molecule has 0 aliphatic heterocycles. The van der Waals surface area contributed by atoms with Crippen LogP contribution in [0.3, 0.4) is 0 Å². The Morgan fingerprint density at radius 1 is 0.850 bits per heavy atom. The predicted octanol–water partition coefficient (Wildman–Crippen LogP) is 3.55. The van der Waals surface area contributed by atoms with Gasteiger partial charge in [-0.1, -0.05) is 24.3 Å². The van der Waals surface area contributed by atoms with E-state index in [1.165, 1.54) is 18.2 Å². The molecule has 2 rings (SSSR count). The maximum atomic E-state index is 12.7. The van der Waals surface area contributed by atoms with Crippen molar-refractivity contribution in [2.75, 3.05) is 0 Å². The van der Waals surface area contributed by atoms with Crippen LogP contribution in [0.2, 0.25) is 0 Å². The van der Waals surface area contributed by atoms with E-state index in [0.717, 1.165) is 6.20 Å². The molecule has 0 unspecified atom stereocenters. The van der Waals surface area contributed by atoms with Crippen LogP contribution in [0.25, 0.3) is 10.8 Å². The first-order chi connectivity index (χ1) is 9.07. The minimum absolute atomic E-state index is 0.115. The van der Waals surface area contributed by atoms with Crippen LogP contribution in [0.15, 0.2) is 36.5 Å². The Labute approximate surface area is 108 Å². The van der Waals surface area contributed by atoms with E-state index in [-0.39, 0.29) is 5.39 Å². The Bertz CT molecular complexity index is 620. The number of fused-ring (bicyclic) bond motifs is 1. The molecule has 0 aliphatic rings. The SMILES string of the molecule is OC(c1cc2ccccc2cn1)(C(F)(F)F)C(F)(F)F. The molecule has 20 heavy (non-hydrogen) atoms. The summed E-state index contributed by atoms with van der Waals surface area (Å²) < 4.78 is 76.1. The van der Waals surface area contributed by atoms with Crippen molar-refractivity contribution in [3.8, 4) is 0 Å². The van der Waals surface area contributed by atoms with Crippen molar-refractivity contribution in [2.45, 2.75) is 18.0 Å². The number of halogens is 6. The van der Waals surface area contributed by atoms with Gasteiger partial charge >= 0.3 is 12.4 Å². The second-order valence-corrected chi connectivity index (χ2v) is 4.12. The van der Waals surface area contributed by atoms with Gasteiger partial charge in [0.2, 0.25) is 0 Å². The van der Waals surface area contributed by atoms with E-state index >= 15 is 0 Å². The van der Waals surface area contributed by atoms with E-state index in [9.17, 15) is 31.4 Å². The van der Waals surface area contributed by atoms with Gasteiger partial charge in [0, 0.05) is 11.6 Å². The van der Waals surface area contributed by atoms with Gasteiger partial charge in [0.15, 0.2) is 0 Å². The highest BCUT2D eigenvalue weighted by Gasteiger charge is 2.72. The van der Waals surface area contributed by atoms with Gasteiger partial charge in [-0.15, -0.1) is 0 Å². The first-order valence-electron chi connectivity index (χ1n) is 5.28. The molecule has 108 valence electrons. The average Bonchev–Trinajstić information content (AvgIpc) is 2.34. The van der Waals surface area contributed by atoms with Gasteiger partial charge in [-0.2, -0.15) is 26.3 Å². The molecule has 0 amide bonds. The molecule has 0 saturated heterocycles. The van der Waals surface area contributed by atoms with Crippen LogP contribution >= 0.6 is 0 Å². The van der Waals surface area contributed by atoms with Crippen molar-refractivity contribution < 1.29 is 31.4 Å². The van der Waals surface area contributed by atoms with Gasteiger partial charge in [0.05, 0.1) is 5.69 Å². The molecule has 0 bridgehead atoms. The average molecular weight is 295 g/mol. The number of hydrogen-bond donors (Lipinski definition) is 1. The summed E-state index contributed by atoms with van der Waals surface area (Å²) in [6.45, 7) is 0. The van der Waals surface area contributed by atoms with Crippen LogP contribution < -0.4 is 0 Å². The van der Waals surface area contributed by atoms with E-state index in [1.807, 2.05) is 0 Å². The molecule has 0 aliphatic carbocycles. The Hall–Kier alpha value is -1.83. The molecule has 0 fully saturated rings. The van der Waals surface area contributed by atoms with E-state index < -0.39 is 23.6 Å². The van der Waals surface area contributed by atoms with Crippen LogP contribution in [0.1, 0.15) is 5.69 Å². The molecule has 1 aromatic carbocycles. The quantitative estimate of drug-likeness (QED) is 0.816. The second-order valence-electron chi connectivity index (χ2n) is 4.12. The summed E-state index contributed by atoms with van der Waals surface area (Å²) in [5, 5.41) is 9.68. The summed E-state index contributed by atoms with van der Waals surface area (Å²) in [5.74, 6) is 0. The van der Waals surface area contributed by atoms with Crippen LogP contribution in [0.5, 0.6) is 0 Å². The molecule has 1 aromatic heterocycles. The Morgan fingerprint density at radius 3 is 1.85 bits per heavy atom. The highest BCUT2D eigenvalue weighted by molar-refractivity contribution is 5.81. The zero-order chi connectivity index (χ0) is 15.2. The number of pyridine rings is 1. The van der Waals surface area contributed by atoms with E-state index in [1.54, 1.807) is 6.07 Å². The fraction of sp³-hybridized carbons (Fsp3) is 0.250. The molecule has 1 N–H and O–H groups in total. The van der Waals surface area contributed by atoms with Gasteiger partial charge in [-0.05, 0) is 11.5 Å². The normalized spacial score (nSPS) is 13.8. The summed E-state index contributed by atoms with van der Waals surface area (Å²) in [6, 6.07) is 6.39. The van der Waals surface area contributed by atoms with Gasteiger partial charge in [0.1, 0.15) is 0 Å². The van der Waals surface area contributed by atoms with Crippen LogP contribution in [0, 0.1) is 0 Å². The third kappa shape index (κ3) is 2.09. The molecular formula is C12H7F6NO. The molecule has 2 aromatic rings. The van der Waals surface area contributed by atoms with Crippen molar-refractivity contribution in [2.24, 2.45) is 0 Å². The fourth-order valence-electron chi connectivity index (χ4n) is 1.73. The molecule has 0 radical (unpaired) electrons. The second kappa shape index (κ2) is 4.34. The lowest BCUT2D eigenvalue weighted by Crippen LogP contribution is -2.54. The van der Waals surface area contributed by atoms with Gasteiger partial charge in [0.25, 0.3) is 5.60 Å². The molecule has 0 saturated carbocycles. The number of aromatic nitrogens is 1. The van der Waals surface area contributed by atoms with Crippen molar-refractivity contribution in [3.63, 3.8) is 0 Å². The van der Waals surface area contributed by atoms with Crippen LogP contribution in [-0.2, 0) is 5.60 Å². The Balaban J connectivity index is 2.70. The number of rotatable bonds is 1. The summed E-state index contributed by atoms with van der Waals surface area (Å²) >= 11 is 0. The van der Waals surface area contributed by atoms with Gasteiger partial charge in [-0.25, -0.2) is 0 Å².